The molecule has 1 unspecified atom stereocenters. The van der Waals surface area contributed by atoms with E-state index in [0.29, 0.717) is 22.6 Å². The molecule has 1 amide bonds. The second-order valence-corrected chi connectivity index (χ2v) is 6.50. The molecular weight excluding hydrogens is 404 g/mol. The Morgan fingerprint density at radius 2 is 1.67 bits per heavy atom. The number of ether oxygens (including phenoxy) is 2. The van der Waals surface area contributed by atoms with Gasteiger partial charge in [-0.1, -0.05) is 0 Å². The quantitative estimate of drug-likeness (QED) is 0.271. The largest absolute Gasteiger partial charge is 0.490 e. The molecule has 2 rings (SSSR count). The summed E-state index contributed by atoms with van der Waals surface area (Å²) < 4.78 is 10.5. The Kier molecular flexibility index (Phi) is 8.87. The maximum atomic E-state index is 12.6. The number of nitrogens with zero attached hydrogens (tertiary/aromatic N) is 1. The molecule has 0 saturated heterocycles. The maximum absolute atomic E-state index is 12.6. The van der Waals surface area contributed by atoms with E-state index in [9.17, 15) is 14.4 Å². The number of carbonyl (C=O) groups is 3. The van der Waals surface area contributed by atoms with Crippen molar-refractivity contribution in [3.63, 3.8) is 0 Å². The highest BCUT2D eigenvalue weighted by Crippen LogP contribution is 2.19. The van der Waals surface area contributed by atoms with Crippen LogP contribution in [0.25, 0.3) is 0 Å². The van der Waals surface area contributed by atoms with Crippen LogP contribution in [0.15, 0.2) is 53.5 Å². The van der Waals surface area contributed by atoms with E-state index in [1.165, 1.54) is 0 Å². The van der Waals surface area contributed by atoms with Gasteiger partial charge in [-0.2, -0.15) is 4.99 Å². The molecule has 1 atom stereocenters. The maximum Gasteiger partial charge on any atom is 0.325 e. The summed E-state index contributed by atoms with van der Waals surface area (Å²) in [5.41, 5.74) is 1.66. The molecule has 0 bridgehead atoms. The van der Waals surface area contributed by atoms with E-state index in [4.69, 9.17) is 9.47 Å². The van der Waals surface area contributed by atoms with Crippen LogP contribution in [0.3, 0.4) is 0 Å². The van der Waals surface area contributed by atoms with E-state index < -0.39 is 12.1 Å². The lowest BCUT2D eigenvalue weighted by atomic mass is 10.0. The lowest BCUT2D eigenvalue weighted by molar-refractivity contribution is -0.143. The van der Waals surface area contributed by atoms with Gasteiger partial charge in [-0.3, -0.25) is 14.4 Å². The number of amides is 1. The van der Waals surface area contributed by atoms with Crippen LogP contribution >= 0.6 is 12.2 Å². The molecule has 0 aliphatic heterocycles. The molecule has 0 radical (unpaired) electrons. The zero-order chi connectivity index (χ0) is 21.9. The van der Waals surface area contributed by atoms with E-state index in [0.717, 1.165) is 0 Å². The number of hydrogen-bond donors (Lipinski definition) is 1. The fourth-order valence-electron chi connectivity index (χ4n) is 2.58. The third-order valence-electron chi connectivity index (χ3n) is 3.97. The highest BCUT2D eigenvalue weighted by molar-refractivity contribution is 7.78. The van der Waals surface area contributed by atoms with Gasteiger partial charge in [0.05, 0.1) is 23.9 Å². The number of rotatable bonds is 10. The predicted octanol–water partition coefficient (Wildman–Crippen LogP) is 3.49. The van der Waals surface area contributed by atoms with Crippen molar-refractivity contribution in [2.75, 3.05) is 13.2 Å². The lowest BCUT2D eigenvalue weighted by Gasteiger charge is -2.14. The van der Waals surface area contributed by atoms with Crippen molar-refractivity contribution in [3.8, 4) is 5.75 Å². The van der Waals surface area contributed by atoms with Crippen LogP contribution in [0.1, 0.15) is 36.2 Å². The van der Waals surface area contributed by atoms with Crippen molar-refractivity contribution in [2.45, 2.75) is 26.4 Å². The lowest BCUT2D eigenvalue weighted by Crippen LogP contribution is -2.33. The van der Waals surface area contributed by atoms with Gasteiger partial charge in [0.25, 0.3) is 0 Å². The Labute approximate surface area is 180 Å². The monoisotopic (exact) mass is 426 g/mol. The summed E-state index contributed by atoms with van der Waals surface area (Å²) in [6.07, 6.45) is -0.334. The molecule has 8 heteroatoms. The Morgan fingerprint density at radius 3 is 2.23 bits per heavy atom. The fourth-order valence-corrected chi connectivity index (χ4v) is 2.69. The number of thiocarbonyl (C=S) groups is 1. The van der Waals surface area contributed by atoms with Crippen LogP contribution in [-0.4, -0.2) is 42.1 Å². The Hall–Kier alpha value is -3.35. The van der Waals surface area contributed by atoms with E-state index in [2.05, 4.69) is 27.7 Å². The molecular formula is C22H22N2O5S. The first kappa shape index (κ1) is 22.9. The number of carbonyl (C=O) groups excluding carboxylic acids is 3. The predicted molar refractivity (Wildman–Crippen MR) is 115 cm³/mol. The van der Waals surface area contributed by atoms with Crippen LogP contribution in [0, 0.1) is 0 Å². The normalized spacial score (nSPS) is 11.0. The highest BCUT2D eigenvalue weighted by atomic mass is 32.1. The number of hydrogen-bond acceptors (Lipinski definition) is 7. The van der Waals surface area contributed by atoms with Crippen LogP contribution in [0.2, 0.25) is 0 Å². The van der Waals surface area contributed by atoms with Crippen molar-refractivity contribution >= 4 is 40.7 Å². The number of nitrogens with one attached hydrogen (secondary N) is 1. The molecule has 30 heavy (non-hydrogen) atoms. The first-order valence-corrected chi connectivity index (χ1v) is 9.75. The van der Waals surface area contributed by atoms with Gasteiger partial charge in [0.2, 0.25) is 5.91 Å². The SMILES string of the molecule is CCOC(=O)CNC(=O)CC(C)Oc1ccc(C(=O)c2ccc(N=C=S)cc2)cc1. The minimum absolute atomic E-state index is 0.0800. The fraction of sp³-hybridized carbons (Fsp3) is 0.273. The van der Waals surface area contributed by atoms with E-state index in [1.54, 1.807) is 62.4 Å². The van der Waals surface area contributed by atoms with Crippen molar-refractivity contribution in [2.24, 2.45) is 4.99 Å². The first-order valence-electron chi connectivity index (χ1n) is 9.34. The minimum atomic E-state index is -0.485. The Bertz CT molecular complexity index is 935. The van der Waals surface area contributed by atoms with Crippen LogP contribution in [0.4, 0.5) is 5.69 Å². The number of benzene rings is 2. The van der Waals surface area contributed by atoms with Crippen molar-refractivity contribution < 1.29 is 23.9 Å². The molecule has 0 aliphatic rings. The van der Waals surface area contributed by atoms with Gasteiger partial charge in [0.1, 0.15) is 18.4 Å². The minimum Gasteiger partial charge on any atom is -0.490 e. The molecule has 0 heterocycles. The number of esters is 1. The molecule has 0 aliphatic carbocycles. The van der Waals surface area contributed by atoms with E-state index >= 15 is 0 Å². The third kappa shape index (κ3) is 7.24. The van der Waals surface area contributed by atoms with Gasteiger partial charge < -0.3 is 14.8 Å². The van der Waals surface area contributed by atoms with Gasteiger partial charge in [-0.05, 0) is 74.6 Å². The van der Waals surface area contributed by atoms with E-state index in [1.807, 2.05) is 0 Å². The third-order valence-corrected chi connectivity index (χ3v) is 4.06. The van der Waals surface area contributed by atoms with Crippen molar-refractivity contribution in [3.05, 3.63) is 59.7 Å². The molecule has 0 fully saturated rings. The number of isothiocyanates is 1. The highest BCUT2D eigenvalue weighted by Gasteiger charge is 2.13. The number of ketones is 1. The summed E-state index contributed by atoms with van der Waals surface area (Å²) >= 11 is 4.56. The standard InChI is InChI=1S/C22H22N2O5S/c1-3-28-21(26)13-23-20(25)12-15(2)29-19-10-6-17(7-11-19)22(27)16-4-8-18(9-5-16)24-14-30/h4-11,15H,3,12-13H2,1-2H3,(H,23,25). The summed E-state index contributed by atoms with van der Waals surface area (Å²) in [6.45, 7) is 3.53. The van der Waals surface area contributed by atoms with Crippen LogP contribution < -0.4 is 10.1 Å². The Morgan fingerprint density at radius 1 is 1.07 bits per heavy atom. The summed E-state index contributed by atoms with van der Waals surface area (Å²) in [7, 11) is 0. The molecule has 0 saturated carbocycles. The van der Waals surface area contributed by atoms with Crippen molar-refractivity contribution in [1.29, 1.82) is 0 Å². The van der Waals surface area contributed by atoms with E-state index in [-0.39, 0.29) is 31.3 Å². The van der Waals surface area contributed by atoms with Gasteiger partial charge in [-0.25, -0.2) is 0 Å². The molecule has 0 aromatic heterocycles. The molecule has 0 spiro atoms. The average molecular weight is 426 g/mol. The molecule has 2 aromatic carbocycles. The van der Waals surface area contributed by atoms with Crippen LogP contribution in [-0.2, 0) is 14.3 Å². The Balaban J connectivity index is 1.88. The summed E-state index contributed by atoms with van der Waals surface area (Å²) in [6, 6.07) is 13.4. The van der Waals surface area contributed by atoms with Gasteiger partial charge in [0.15, 0.2) is 5.78 Å². The van der Waals surface area contributed by atoms with Gasteiger partial charge >= 0.3 is 5.97 Å². The van der Waals surface area contributed by atoms with Gasteiger partial charge in [0, 0.05) is 11.1 Å². The smallest absolute Gasteiger partial charge is 0.325 e. The summed E-state index contributed by atoms with van der Waals surface area (Å²) in [5.74, 6) is -0.404. The topological polar surface area (TPSA) is 94.1 Å². The second-order valence-electron chi connectivity index (χ2n) is 6.32. The van der Waals surface area contributed by atoms with Gasteiger partial charge in [-0.15, -0.1) is 0 Å². The van der Waals surface area contributed by atoms with Crippen LogP contribution in [0.5, 0.6) is 5.75 Å². The summed E-state index contributed by atoms with van der Waals surface area (Å²) in [5, 5.41) is 4.76. The van der Waals surface area contributed by atoms with Crippen molar-refractivity contribution in [1.82, 2.24) is 5.32 Å². The molecule has 1 N–H and O–H groups in total. The summed E-state index contributed by atoms with van der Waals surface area (Å²) in [4.78, 5) is 39.5. The zero-order valence-electron chi connectivity index (χ0n) is 16.7. The second kappa shape index (κ2) is 11.6. The molecule has 156 valence electrons. The molecule has 7 nitrogen and oxygen atoms in total. The first-order chi connectivity index (χ1) is 14.4. The number of aliphatic imine (C=N–C) groups is 1. The average Bonchev–Trinajstić information content (AvgIpc) is 2.73. The molecule has 2 aromatic rings. The zero-order valence-corrected chi connectivity index (χ0v) is 17.5.